The second kappa shape index (κ2) is 6.61. The van der Waals surface area contributed by atoms with Crippen LogP contribution in [0.1, 0.15) is 60.1 Å². The van der Waals surface area contributed by atoms with E-state index in [0.29, 0.717) is 0 Å². The Morgan fingerprint density at radius 2 is 1.96 bits per heavy atom. The first kappa shape index (κ1) is 16.7. The highest BCUT2D eigenvalue weighted by molar-refractivity contribution is 5.39. The standard InChI is InChI=1S/C23H25N3O/c1-17-7-5-8-18(15-17)16-26-21(20-11-6-14-27-20)24-22(25-26)23(12-13-23)19-9-3-2-4-10-19/h2-5,7-10,15,20H,6,11-14,16H2,1H3/t20-/m1/s1. The van der Waals surface area contributed by atoms with Gasteiger partial charge in [-0.1, -0.05) is 60.2 Å². The highest BCUT2D eigenvalue weighted by Gasteiger charge is 2.50. The van der Waals surface area contributed by atoms with Gasteiger partial charge < -0.3 is 4.74 Å². The number of ether oxygens (including phenoxy) is 1. The summed E-state index contributed by atoms with van der Waals surface area (Å²) >= 11 is 0. The van der Waals surface area contributed by atoms with Crippen LogP contribution in [0.2, 0.25) is 0 Å². The molecule has 1 atom stereocenters. The summed E-state index contributed by atoms with van der Waals surface area (Å²) in [6.07, 6.45) is 4.45. The van der Waals surface area contributed by atoms with Crippen molar-refractivity contribution in [3.63, 3.8) is 0 Å². The van der Waals surface area contributed by atoms with Gasteiger partial charge in [-0.3, -0.25) is 0 Å². The van der Waals surface area contributed by atoms with Gasteiger partial charge in [0.15, 0.2) is 11.6 Å². The molecule has 138 valence electrons. The zero-order chi connectivity index (χ0) is 18.3. The van der Waals surface area contributed by atoms with Crippen LogP contribution in [0.5, 0.6) is 0 Å². The summed E-state index contributed by atoms with van der Waals surface area (Å²) in [5.74, 6) is 1.96. The van der Waals surface area contributed by atoms with Crippen LogP contribution in [0.3, 0.4) is 0 Å². The molecule has 1 aliphatic carbocycles. The fourth-order valence-electron chi connectivity index (χ4n) is 4.20. The van der Waals surface area contributed by atoms with E-state index in [9.17, 15) is 0 Å². The van der Waals surface area contributed by atoms with E-state index in [1.54, 1.807) is 0 Å². The predicted octanol–water partition coefficient (Wildman–Crippen LogP) is 4.57. The topological polar surface area (TPSA) is 39.9 Å². The zero-order valence-electron chi connectivity index (χ0n) is 15.8. The van der Waals surface area contributed by atoms with Gasteiger partial charge in [0.25, 0.3) is 0 Å². The molecule has 2 aliphatic rings. The van der Waals surface area contributed by atoms with Gasteiger partial charge in [-0.05, 0) is 43.7 Å². The molecule has 2 fully saturated rings. The van der Waals surface area contributed by atoms with Gasteiger partial charge in [-0.25, -0.2) is 9.67 Å². The number of aryl methyl sites for hydroxylation is 1. The molecule has 0 amide bonds. The van der Waals surface area contributed by atoms with E-state index in [4.69, 9.17) is 14.8 Å². The number of hydrogen-bond acceptors (Lipinski definition) is 3. The van der Waals surface area contributed by atoms with Gasteiger partial charge in [0.2, 0.25) is 0 Å². The SMILES string of the molecule is Cc1cccc(Cn2nc(C3(c4ccccc4)CC3)nc2[C@H]2CCCO2)c1. The maximum Gasteiger partial charge on any atom is 0.161 e. The number of nitrogens with zero attached hydrogens (tertiary/aromatic N) is 3. The van der Waals surface area contributed by atoms with Crippen molar-refractivity contribution in [2.75, 3.05) is 6.61 Å². The van der Waals surface area contributed by atoms with Gasteiger partial charge in [-0.2, -0.15) is 5.10 Å². The van der Waals surface area contributed by atoms with E-state index in [1.165, 1.54) is 16.7 Å². The largest absolute Gasteiger partial charge is 0.370 e. The minimum atomic E-state index is -0.00747. The van der Waals surface area contributed by atoms with E-state index in [1.807, 2.05) is 0 Å². The molecule has 0 N–H and O–H groups in total. The molecule has 27 heavy (non-hydrogen) atoms. The normalized spacial score (nSPS) is 20.7. The Morgan fingerprint density at radius 3 is 2.67 bits per heavy atom. The average Bonchev–Trinajstić information content (AvgIpc) is 3.11. The first-order valence-corrected chi connectivity index (χ1v) is 9.92. The summed E-state index contributed by atoms with van der Waals surface area (Å²) in [7, 11) is 0. The molecular weight excluding hydrogens is 334 g/mol. The second-order valence-electron chi connectivity index (χ2n) is 7.89. The maximum atomic E-state index is 5.97. The van der Waals surface area contributed by atoms with Crippen molar-refractivity contribution < 1.29 is 4.74 Å². The van der Waals surface area contributed by atoms with Crippen molar-refractivity contribution in [2.24, 2.45) is 0 Å². The first-order valence-electron chi connectivity index (χ1n) is 9.92. The molecule has 5 rings (SSSR count). The van der Waals surface area contributed by atoms with Crippen molar-refractivity contribution >= 4 is 0 Å². The lowest BCUT2D eigenvalue weighted by molar-refractivity contribution is 0.101. The second-order valence-corrected chi connectivity index (χ2v) is 7.89. The molecule has 0 unspecified atom stereocenters. The number of rotatable bonds is 5. The van der Waals surface area contributed by atoms with Gasteiger partial charge in [0, 0.05) is 6.61 Å². The third-order valence-corrected chi connectivity index (χ3v) is 5.84. The third-order valence-electron chi connectivity index (χ3n) is 5.84. The van der Waals surface area contributed by atoms with Crippen LogP contribution in [0.4, 0.5) is 0 Å². The van der Waals surface area contributed by atoms with Crippen LogP contribution in [-0.2, 0) is 16.7 Å². The van der Waals surface area contributed by atoms with E-state index in [0.717, 1.165) is 50.5 Å². The zero-order valence-corrected chi connectivity index (χ0v) is 15.8. The Labute approximate surface area is 160 Å². The van der Waals surface area contributed by atoms with Gasteiger partial charge in [0.05, 0.1) is 12.0 Å². The predicted molar refractivity (Wildman–Crippen MR) is 105 cm³/mol. The van der Waals surface area contributed by atoms with Crippen molar-refractivity contribution in [3.05, 3.63) is 82.9 Å². The van der Waals surface area contributed by atoms with Crippen molar-refractivity contribution in [1.29, 1.82) is 0 Å². The summed E-state index contributed by atoms with van der Waals surface area (Å²) < 4.78 is 8.06. The Balaban J connectivity index is 1.54. The summed E-state index contributed by atoms with van der Waals surface area (Å²) in [4.78, 5) is 5.05. The van der Waals surface area contributed by atoms with Crippen LogP contribution in [0.15, 0.2) is 54.6 Å². The lowest BCUT2D eigenvalue weighted by Crippen LogP contribution is -2.12. The third kappa shape index (κ3) is 3.08. The average molecular weight is 359 g/mol. The monoisotopic (exact) mass is 359 g/mol. The van der Waals surface area contributed by atoms with Crippen molar-refractivity contribution in [1.82, 2.24) is 14.8 Å². The summed E-state index contributed by atoms with van der Waals surface area (Å²) in [5, 5.41) is 5.02. The van der Waals surface area contributed by atoms with Crippen LogP contribution in [0, 0.1) is 6.92 Å². The van der Waals surface area contributed by atoms with E-state index >= 15 is 0 Å². The van der Waals surface area contributed by atoms with Crippen LogP contribution in [0.25, 0.3) is 0 Å². The molecule has 4 heteroatoms. The lowest BCUT2D eigenvalue weighted by atomic mass is 9.95. The molecule has 0 radical (unpaired) electrons. The summed E-state index contributed by atoms with van der Waals surface area (Å²) in [6, 6.07) is 19.3. The lowest BCUT2D eigenvalue weighted by Gasteiger charge is -2.11. The molecular formula is C23H25N3O. The van der Waals surface area contributed by atoms with E-state index in [-0.39, 0.29) is 11.5 Å². The van der Waals surface area contributed by atoms with Gasteiger partial charge >= 0.3 is 0 Å². The molecule has 1 aromatic heterocycles. The van der Waals surface area contributed by atoms with E-state index in [2.05, 4.69) is 66.2 Å². The minimum Gasteiger partial charge on any atom is -0.370 e. The van der Waals surface area contributed by atoms with Crippen LogP contribution >= 0.6 is 0 Å². The summed E-state index contributed by atoms with van der Waals surface area (Å²) in [6.45, 7) is 3.70. The Kier molecular flexibility index (Phi) is 4.09. The highest BCUT2D eigenvalue weighted by Crippen LogP contribution is 2.52. The van der Waals surface area contributed by atoms with E-state index < -0.39 is 0 Å². The number of aromatic nitrogens is 3. The smallest absolute Gasteiger partial charge is 0.161 e. The Hall–Kier alpha value is -2.46. The molecule has 4 nitrogen and oxygen atoms in total. The quantitative estimate of drug-likeness (QED) is 0.670. The molecule has 3 aromatic rings. The fourth-order valence-corrected chi connectivity index (χ4v) is 4.20. The fraction of sp³-hybridized carbons (Fsp3) is 0.391. The van der Waals surface area contributed by atoms with Gasteiger partial charge in [-0.15, -0.1) is 0 Å². The maximum absolute atomic E-state index is 5.97. The molecule has 1 saturated heterocycles. The van der Waals surface area contributed by atoms with Crippen molar-refractivity contribution in [2.45, 2.75) is 50.7 Å². The molecule has 0 spiro atoms. The Morgan fingerprint density at radius 1 is 1.11 bits per heavy atom. The summed E-state index contributed by atoms with van der Waals surface area (Å²) in [5.41, 5.74) is 3.85. The number of hydrogen-bond donors (Lipinski definition) is 0. The highest BCUT2D eigenvalue weighted by atomic mass is 16.5. The van der Waals surface area contributed by atoms with Gasteiger partial charge in [0.1, 0.15) is 6.10 Å². The first-order chi connectivity index (χ1) is 13.2. The Bertz CT molecular complexity index is 937. The van der Waals surface area contributed by atoms with Crippen LogP contribution < -0.4 is 0 Å². The van der Waals surface area contributed by atoms with Crippen LogP contribution in [-0.4, -0.2) is 21.4 Å². The molecule has 2 aromatic carbocycles. The van der Waals surface area contributed by atoms with Crippen molar-refractivity contribution in [3.8, 4) is 0 Å². The molecule has 2 heterocycles. The molecule has 1 aliphatic heterocycles. The number of benzene rings is 2. The molecule has 0 bridgehead atoms. The minimum absolute atomic E-state index is 0.00747. The molecule has 1 saturated carbocycles.